The summed E-state index contributed by atoms with van der Waals surface area (Å²) < 4.78 is 0. The number of likely N-dealkylation sites (tertiary alicyclic amines) is 1. The van der Waals surface area contributed by atoms with Crippen LogP contribution in [0.25, 0.3) is 0 Å². The predicted octanol–water partition coefficient (Wildman–Crippen LogP) is 3.18. The standard InChI is InChI=1S/C11H20BrN/c1-9-6-7-10(12)8-13(9)11-4-2-3-5-11/h9-11H,2-8H2,1H3. The lowest BCUT2D eigenvalue weighted by molar-refractivity contribution is 0.113. The summed E-state index contributed by atoms with van der Waals surface area (Å²) in [5.74, 6) is 0. The smallest absolute Gasteiger partial charge is 0.0274 e. The molecule has 0 radical (unpaired) electrons. The van der Waals surface area contributed by atoms with Crippen LogP contribution in [0.2, 0.25) is 0 Å². The molecular formula is C11H20BrN. The Bertz CT molecular complexity index is 165. The van der Waals surface area contributed by atoms with Gasteiger partial charge in [-0.15, -0.1) is 0 Å². The van der Waals surface area contributed by atoms with Gasteiger partial charge in [0.1, 0.15) is 0 Å². The van der Waals surface area contributed by atoms with E-state index in [0.717, 1.165) is 16.9 Å². The summed E-state index contributed by atoms with van der Waals surface area (Å²) in [6, 6.07) is 1.74. The summed E-state index contributed by atoms with van der Waals surface area (Å²) in [7, 11) is 0. The summed E-state index contributed by atoms with van der Waals surface area (Å²) in [5, 5.41) is 0. The van der Waals surface area contributed by atoms with Crippen LogP contribution < -0.4 is 0 Å². The van der Waals surface area contributed by atoms with Crippen LogP contribution in [0.5, 0.6) is 0 Å². The Balaban J connectivity index is 1.94. The summed E-state index contributed by atoms with van der Waals surface area (Å²) in [6.07, 6.45) is 8.56. The van der Waals surface area contributed by atoms with Crippen molar-refractivity contribution < 1.29 is 0 Å². The van der Waals surface area contributed by atoms with Crippen molar-refractivity contribution >= 4 is 15.9 Å². The summed E-state index contributed by atoms with van der Waals surface area (Å²) in [4.78, 5) is 3.50. The number of halogens is 1. The molecule has 1 aliphatic carbocycles. The Kier molecular flexibility index (Phi) is 3.31. The minimum Gasteiger partial charge on any atom is -0.297 e. The van der Waals surface area contributed by atoms with Crippen LogP contribution in [0.1, 0.15) is 45.4 Å². The third-order valence-electron chi connectivity index (χ3n) is 3.67. The maximum atomic E-state index is 3.76. The fourth-order valence-corrected chi connectivity index (χ4v) is 3.43. The van der Waals surface area contributed by atoms with Crippen LogP contribution in [0.15, 0.2) is 0 Å². The van der Waals surface area contributed by atoms with Gasteiger partial charge in [0.05, 0.1) is 0 Å². The first kappa shape index (κ1) is 9.97. The predicted molar refractivity (Wildman–Crippen MR) is 60.4 cm³/mol. The number of rotatable bonds is 1. The second-order valence-corrected chi connectivity index (χ2v) is 5.95. The monoisotopic (exact) mass is 245 g/mol. The minimum absolute atomic E-state index is 0.754. The van der Waals surface area contributed by atoms with Crippen molar-refractivity contribution in [2.24, 2.45) is 0 Å². The Morgan fingerprint density at radius 1 is 1.08 bits per heavy atom. The third kappa shape index (κ3) is 2.27. The van der Waals surface area contributed by atoms with Gasteiger partial charge in [-0.2, -0.15) is 0 Å². The second-order valence-electron chi connectivity index (χ2n) is 4.66. The lowest BCUT2D eigenvalue weighted by atomic mass is 10.0. The molecule has 0 spiro atoms. The van der Waals surface area contributed by atoms with Crippen LogP contribution in [-0.2, 0) is 0 Å². The largest absolute Gasteiger partial charge is 0.297 e. The molecule has 1 saturated heterocycles. The molecule has 2 aliphatic rings. The molecule has 0 aromatic carbocycles. The quantitative estimate of drug-likeness (QED) is 0.642. The minimum atomic E-state index is 0.754. The van der Waals surface area contributed by atoms with Crippen LogP contribution in [0, 0.1) is 0 Å². The van der Waals surface area contributed by atoms with E-state index in [-0.39, 0.29) is 0 Å². The van der Waals surface area contributed by atoms with E-state index in [0.29, 0.717) is 0 Å². The highest BCUT2D eigenvalue weighted by Gasteiger charge is 2.30. The van der Waals surface area contributed by atoms with Gasteiger partial charge >= 0.3 is 0 Å². The topological polar surface area (TPSA) is 3.24 Å². The van der Waals surface area contributed by atoms with Crippen LogP contribution in [0.4, 0.5) is 0 Å². The molecule has 2 atom stereocenters. The number of nitrogens with zero attached hydrogens (tertiary/aromatic N) is 1. The molecule has 2 heteroatoms. The zero-order chi connectivity index (χ0) is 9.26. The zero-order valence-electron chi connectivity index (χ0n) is 8.51. The Morgan fingerprint density at radius 2 is 1.77 bits per heavy atom. The van der Waals surface area contributed by atoms with Crippen molar-refractivity contribution in [3.8, 4) is 0 Å². The average molecular weight is 246 g/mol. The molecule has 13 heavy (non-hydrogen) atoms. The van der Waals surface area contributed by atoms with Gasteiger partial charge in [0, 0.05) is 23.5 Å². The van der Waals surface area contributed by atoms with Crippen molar-refractivity contribution in [3.05, 3.63) is 0 Å². The summed E-state index contributed by atoms with van der Waals surface area (Å²) >= 11 is 3.76. The first-order valence-corrected chi connectivity index (χ1v) is 6.59. The van der Waals surface area contributed by atoms with E-state index in [1.54, 1.807) is 0 Å². The average Bonchev–Trinajstić information content (AvgIpc) is 2.61. The van der Waals surface area contributed by atoms with E-state index >= 15 is 0 Å². The molecule has 0 bridgehead atoms. The SMILES string of the molecule is CC1CCC(Br)CN1C1CCCC1. The summed E-state index contributed by atoms with van der Waals surface area (Å²) in [5.41, 5.74) is 0. The van der Waals surface area contributed by atoms with Crippen molar-refractivity contribution in [1.82, 2.24) is 4.90 Å². The maximum Gasteiger partial charge on any atom is 0.0274 e. The molecule has 0 N–H and O–H groups in total. The van der Waals surface area contributed by atoms with E-state index in [4.69, 9.17) is 0 Å². The number of hydrogen-bond donors (Lipinski definition) is 0. The van der Waals surface area contributed by atoms with Gasteiger partial charge in [0.15, 0.2) is 0 Å². The van der Waals surface area contributed by atoms with E-state index in [1.807, 2.05) is 0 Å². The Morgan fingerprint density at radius 3 is 2.46 bits per heavy atom. The zero-order valence-corrected chi connectivity index (χ0v) is 10.1. The first-order chi connectivity index (χ1) is 6.27. The highest BCUT2D eigenvalue weighted by molar-refractivity contribution is 9.09. The van der Waals surface area contributed by atoms with Gasteiger partial charge < -0.3 is 0 Å². The second kappa shape index (κ2) is 4.31. The first-order valence-electron chi connectivity index (χ1n) is 5.67. The molecule has 76 valence electrons. The highest BCUT2D eigenvalue weighted by Crippen LogP contribution is 2.30. The normalized spacial score (nSPS) is 38.3. The number of hydrogen-bond acceptors (Lipinski definition) is 1. The molecule has 0 amide bonds. The molecule has 2 fully saturated rings. The molecule has 1 nitrogen and oxygen atoms in total. The molecule has 0 aromatic heterocycles. The van der Waals surface area contributed by atoms with Gasteiger partial charge in [-0.1, -0.05) is 28.8 Å². The third-order valence-corrected chi connectivity index (χ3v) is 4.41. The van der Waals surface area contributed by atoms with E-state index in [2.05, 4.69) is 27.8 Å². The molecule has 2 rings (SSSR count). The lowest BCUT2D eigenvalue weighted by Gasteiger charge is -2.40. The van der Waals surface area contributed by atoms with E-state index in [9.17, 15) is 0 Å². The fraction of sp³-hybridized carbons (Fsp3) is 1.00. The summed E-state index contributed by atoms with van der Waals surface area (Å²) in [6.45, 7) is 3.68. The maximum absolute atomic E-state index is 3.76. The van der Waals surface area contributed by atoms with Crippen molar-refractivity contribution in [2.45, 2.75) is 62.4 Å². The van der Waals surface area contributed by atoms with E-state index in [1.165, 1.54) is 45.1 Å². The van der Waals surface area contributed by atoms with Crippen LogP contribution in [0.3, 0.4) is 0 Å². The molecular weight excluding hydrogens is 226 g/mol. The van der Waals surface area contributed by atoms with Crippen molar-refractivity contribution in [1.29, 1.82) is 0 Å². The van der Waals surface area contributed by atoms with Crippen molar-refractivity contribution in [3.63, 3.8) is 0 Å². The van der Waals surface area contributed by atoms with Gasteiger partial charge in [-0.25, -0.2) is 0 Å². The van der Waals surface area contributed by atoms with Crippen molar-refractivity contribution in [2.75, 3.05) is 6.54 Å². The van der Waals surface area contributed by atoms with Gasteiger partial charge in [0.25, 0.3) is 0 Å². The molecule has 1 heterocycles. The van der Waals surface area contributed by atoms with Gasteiger partial charge in [-0.05, 0) is 32.6 Å². The highest BCUT2D eigenvalue weighted by atomic mass is 79.9. The van der Waals surface area contributed by atoms with E-state index < -0.39 is 0 Å². The van der Waals surface area contributed by atoms with Crippen LogP contribution >= 0.6 is 15.9 Å². The van der Waals surface area contributed by atoms with Gasteiger partial charge in [0.2, 0.25) is 0 Å². The molecule has 0 aromatic rings. The Hall–Kier alpha value is 0.440. The Labute approximate surface area is 90.0 Å². The van der Waals surface area contributed by atoms with Gasteiger partial charge in [-0.3, -0.25) is 4.90 Å². The number of piperidine rings is 1. The lowest BCUT2D eigenvalue weighted by Crippen LogP contribution is -2.47. The molecule has 1 aliphatic heterocycles. The number of alkyl halides is 1. The van der Waals surface area contributed by atoms with Crippen LogP contribution in [-0.4, -0.2) is 28.4 Å². The molecule has 2 unspecified atom stereocenters. The fourth-order valence-electron chi connectivity index (χ4n) is 2.83. The molecule has 1 saturated carbocycles.